The van der Waals surface area contributed by atoms with E-state index in [0.29, 0.717) is 6.54 Å². The van der Waals surface area contributed by atoms with E-state index in [2.05, 4.69) is 5.32 Å². The van der Waals surface area contributed by atoms with E-state index in [1.165, 1.54) is 0 Å². The molecule has 2 atom stereocenters. The number of likely N-dealkylation sites (tertiary alicyclic amines) is 1. The fourth-order valence-corrected chi connectivity index (χ4v) is 3.98. The topological polar surface area (TPSA) is 75.7 Å². The van der Waals surface area contributed by atoms with E-state index in [9.17, 15) is 14.4 Å². The molecule has 1 aliphatic heterocycles. The lowest BCUT2D eigenvalue weighted by atomic mass is 10.1. The molecule has 1 aliphatic rings. The zero-order chi connectivity index (χ0) is 21.8. The van der Waals surface area contributed by atoms with Crippen LogP contribution in [0.4, 0.5) is 5.69 Å². The summed E-state index contributed by atoms with van der Waals surface area (Å²) in [5, 5.41) is 2.82. The Morgan fingerprint density at radius 3 is 2.40 bits per heavy atom. The van der Waals surface area contributed by atoms with Gasteiger partial charge >= 0.3 is 5.97 Å². The second-order valence-electron chi connectivity index (χ2n) is 7.96. The molecule has 6 heteroatoms. The molecule has 1 heterocycles. The molecule has 0 unspecified atom stereocenters. The number of amides is 2. The minimum Gasteiger partial charge on any atom is -0.455 e. The predicted octanol–water partition coefficient (Wildman–Crippen LogP) is 3.70. The standard InChI is InChI=1S/C24H28N2O4/c1-15-10-16(2)23(17(3)11-15)25-21(27)14-30-24(29)20-12-22(28)26(13-20)18(4)19-8-6-5-7-9-19/h5-11,18,20H,12-14H2,1-4H3,(H,25,27)/t18-,20-/m0/s1. The van der Waals surface area contributed by atoms with E-state index in [1.54, 1.807) is 4.90 Å². The monoisotopic (exact) mass is 408 g/mol. The summed E-state index contributed by atoms with van der Waals surface area (Å²) in [6, 6.07) is 13.6. The van der Waals surface area contributed by atoms with E-state index >= 15 is 0 Å². The normalized spacial score (nSPS) is 17.0. The predicted molar refractivity (Wildman–Crippen MR) is 115 cm³/mol. The molecular weight excluding hydrogens is 380 g/mol. The van der Waals surface area contributed by atoms with Gasteiger partial charge in [-0.1, -0.05) is 48.0 Å². The molecule has 1 saturated heterocycles. The van der Waals surface area contributed by atoms with Crippen LogP contribution in [0, 0.1) is 26.7 Å². The van der Waals surface area contributed by atoms with Crippen molar-refractivity contribution in [2.75, 3.05) is 18.5 Å². The Labute approximate surface area is 177 Å². The number of carbonyl (C=O) groups is 3. The molecule has 0 bridgehead atoms. The van der Waals surface area contributed by atoms with Gasteiger partial charge in [0.15, 0.2) is 6.61 Å². The van der Waals surface area contributed by atoms with Crippen molar-refractivity contribution in [1.82, 2.24) is 4.90 Å². The largest absolute Gasteiger partial charge is 0.455 e. The molecule has 2 aromatic carbocycles. The summed E-state index contributed by atoms with van der Waals surface area (Å²) in [5.41, 5.74) is 4.79. The zero-order valence-corrected chi connectivity index (χ0v) is 17.9. The van der Waals surface area contributed by atoms with E-state index in [0.717, 1.165) is 27.9 Å². The van der Waals surface area contributed by atoms with Crippen molar-refractivity contribution in [3.05, 3.63) is 64.7 Å². The lowest BCUT2D eigenvalue weighted by Crippen LogP contribution is -2.30. The summed E-state index contributed by atoms with van der Waals surface area (Å²) in [4.78, 5) is 38.8. The molecule has 0 saturated carbocycles. The molecule has 0 spiro atoms. The molecule has 158 valence electrons. The van der Waals surface area contributed by atoms with Crippen LogP contribution in [0.25, 0.3) is 0 Å². The zero-order valence-electron chi connectivity index (χ0n) is 17.9. The second kappa shape index (κ2) is 9.11. The number of nitrogens with one attached hydrogen (secondary N) is 1. The van der Waals surface area contributed by atoms with Gasteiger partial charge in [0, 0.05) is 18.7 Å². The molecule has 6 nitrogen and oxygen atoms in total. The Bertz CT molecular complexity index is 932. The highest BCUT2D eigenvalue weighted by Gasteiger charge is 2.38. The summed E-state index contributed by atoms with van der Waals surface area (Å²) < 4.78 is 5.22. The lowest BCUT2D eigenvalue weighted by molar-refractivity contribution is -0.151. The number of esters is 1. The van der Waals surface area contributed by atoms with Crippen LogP contribution in [0.15, 0.2) is 42.5 Å². The summed E-state index contributed by atoms with van der Waals surface area (Å²) in [6.45, 7) is 7.72. The SMILES string of the molecule is Cc1cc(C)c(NC(=O)COC(=O)[C@H]2CC(=O)N([C@@H](C)c3ccccc3)C2)c(C)c1. The number of nitrogens with zero attached hydrogens (tertiary/aromatic N) is 1. The Morgan fingerprint density at radius 2 is 1.77 bits per heavy atom. The maximum absolute atomic E-state index is 12.4. The van der Waals surface area contributed by atoms with Crippen LogP contribution < -0.4 is 5.32 Å². The Kier molecular flexibility index (Phi) is 6.55. The molecule has 2 aromatic rings. The van der Waals surface area contributed by atoms with Gasteiger partial charge in [-0.25, -0.2) is 0 Å². The Morgan fingerprint density at radius 1 is 1.13 bits per heavy atom. The third kappa shape index (κ3) is 4.87. The van der Waals surface area contributed by atoms with Gasteiger partial charge in [-0.2, -0.15) is 0 Å². The fourth-order valence-electron chi connectivity index (χ4n) is 3.98. The van der Waals surface area contributed by atoms with Gasteiger partial charge in [-0.05, 0) is 44.4 Å². The second-order valence-corrected chi connectivity index (χ2v) is 7.96. The van der Waals surface area contributed by atoms with E-state index in [1.807, 2.05) is 70.2 Å². The first-order chi connectivity index (χ1) is 14.3. The van der Waals surface area contributed by atoms with Crippen LogP contribution >= 0.6 is 0 Å². The minimum absolute atomic E-state index is 0.0799. The van der Waals surface area contributed by atoms with Gasteiger partial charge in [-0.15, -0.1) is 0 Å². The van der Waals surface area contributed by atoms with Crippen molar-refractivity contribution in [1.29, 1.82) is 0 Å². The van der Waals surface area contributed by atoms with Gasteiger partial charge < -0.3 is 15.0 Å². The third-order valence-electron chi connectivity index (χ3n) is 5.53. The van der Waals surface area contributed by atoms with E-state index in [-0.39, 0.29) is 25.0 Å². The number of ether oxygens (including phenoxy) is 1. The molecule has 2 amide bonds. The first-order valence-corrected chi connectivity index (χ1v) is 10.1. The van der Waals surface area contributed by atoms with E-state index < -0.39 is 17.8 Å². The van der Waals surface area contributed by atoms with Gasteiger partial charge in [0.05, 0.1) is 12.0 Å². The maximum Gasteiger partial charge on any atom is 0.311 e. The molecule has 3 rings (SSSR count). The van der Waals surface area contributed by atoms with Crippen LogP contribution in [0.2, 0.25) is 0 Å². The minimum atomic E-state index is -0.556. The van der Waals surface area contributed by atoms with Gasteiger partial charge in [0.1, 0.15) is 0 Å². The summed E-state index contributed by atoms with van der Waals surface area (Å²) >= 11 is 0. The number of anilines is 1. The third-order valence-corrected chi connectivity index (χ3v) is 5.53. The fraction of sp³-hybridized carbons (Fsp3) is 0.375. The highest BCUT2D eigenvalue weighted by molar-refractivity contribution is 5.95. The quantitative estimate of drug-likeness (QED) is 0.740. The number of aryl methyl sites for hydroxylation is 3. The molecule has 1 N–H and O–H groups in total. The van der Waals surface area contributed by atoms with Gasteiger partial charge in [-0.3, -0.25) is 14.4 Å². The summed E-state index contributed by atoms with van der Waals surface area (Å²) in [6.07, 6.45) is 0.105. The number of rotatable bonds is 6. The highest BCUT2D eigenvalue weighted by Crippen LogP contribution is 2.29. The Hall–Kier alpha value is -3.15. The number of carbonyl (C=O) groups excluding carboxylic acids is 3. The van der Waals surface area contributed by atoms with E-state index in [4.69, 9.17) is 4.74 Å². The number of hydrogen-bond donors (Lipinski definition) is 1. The van der Waals surface area contributed by atoms with Gasteiger partial charge in [0.25, 0.3) is 5.91 Å². The summed E-state index contributed by atoms with van der Waals surface area (Å²) in [7, 11) is 0. The average molecular weight is 408 g/mol. The molecule has 1 fully saturated rings. The van der Waals surface area contributed by atoms with Crippen molar-refractivity contribution < 1.29 is 19.1 Å². The average Bonchev–Trinajstić information content (AvgIpc) is 3.10. The van der Waals surface area contributed by atoms with Crippen molar-refractivity contribution >= 4 is 23.5 Å². The van der Waals surface area contributed by atoms with Crippen LogP contribution in [0.3, 0.4) is 0 Å². The highest BCUT2D eigenvalue weighted by atomic mass is 16.5. The van der Waals surface area contributed by atoms with Crippen molar-refractivity contribution in [2.24, 2.45) is 5.92 Å². The van der Waals surface area contributed by atoms with Crippen molar-refractivity contribution in [2.45, 2.75) is 40.2 Å². The van der Waals surface area contributed by atoms with Crippen LogP contribution in [0.1, 0.15) is 41.6 Å². The maximum atomic E-state index is 12.4. The van der Waals surface area contributed by atoms with Crippen LogP contribution in [-0.2, 0) is 19.1 Å². The first kappa shape index (κ1) is 21.6. The first-order valence-electron chi connectivity index (χ1n) is 10.1. The summed E-state index contributed by atoms with van der Waals surface area (Å²) in [5.74, 6) is -1.54. The molecule has 0 aromatic heterocycles. The molecule has 0 aliphatic carbocycles. The molecule has 0 radical (unpaired) electrons. The number of benzene rings is 2. The van der Waals surface area contributed by atoms with Crippen molar-refractivity contribution in [3.63, 3.8) is 0 Å². The van der Waals surface area contributed by atoms with Crippen molar-refractivity contribution in [3.8, 4) is 0 Å². The Balaban J connectivity index is 1.54. The van der Waals surface area contributed by atoms with Crippen LogP contribution in [0.5, 0.6) is 0 Å². The smallest absolute Gasteiger partial charge is 0.311 e. The molecular formula is C24H28N2O4. The van der Waals surface area contributed by atoms with Gasteiger partial charge in [0.2, 0.25) is 5.91 Å². The van der Waals surface area contributed by atoms with Crippen LogP contribution in [-0.4, -0.2) is 35.8 Å². The number of hydrogen-bond acceptors (Lipinski definition) is 4. The molecule has 30 heavy (non-hydrogen) atoms. The lowest BCUT2D eigenvalue weighted by Gasteiger charge is -2.25.